The number of carbonyl (C=O) groups is 2. The molecular formula is C20H23NO4. The van der Waals surface area contributed by atoms with Crippen LogP contribution in [0.15, 0.2) is 48.5 Å². The molecule has 2 rings (SSSR count). The molecule has 132 valence electrons. The summed E-state index contributed by atoms with van der Waals surface area (Å²) < 4.78 is 5.59. The maximum atomic E-state index is 12.4. The first-order chi connectivity index (χ1) is 11.8. The van der Waals surface area contributed by atoms with Gasteiger partial charge in [-0.25, -0.2) is 0 Å². The Morgan fingerprint density at radius 2 is 1.80 bits per heavy atom. The summed E-state index contributed by atoms with van der Waals surface area (Å²) in [5.41, 5.74) is 2.20. The van der Waals surface area contributed by atoms with Crippen LogP contribution in [0.2, 0.25) is 0 Å². The second-order valence-corrected chi connectivity index (χ2v) is 6.23. The van der Waals surface area contributed by atoms with E-state index in [0.29, 0.717) is 11.3 Å². The highest BCUT2D eigenvalue weighted by atomic mass is 16.5. The minimum absolute atomic E-state index is 0.0571. The first kappa shape index (κ1) is 18.5. The highest BCUT2D eigenvalue weighted by Crippen LogP contribution is 2.22. The molecule has 5 nitrogen and oxygen atoms in total. The van der Waals surface area contributed by atoms with Crippen molar-refractivity contribution in [1.29, 1.82) is 0 Å². The molecule has 0 saturated carbocycles. The lowest BCUT2D eigenvalue weighted by molar-refractivity contribution is -0.137. The molecule has 5 heteroatoms. The molecule has 0 bridgehead atoms. The van der Waals surface area contributed by atoms with Gasteiger partial charge < -0.3 is 15.2 Å². The molecule has 0 radical (unpaired) electrons. The summed E-state index contributed by atoms with van der Waals surface area (Å²) in [6.07, 6.45) is -0.135. The van der Waals surface area contributed by atoms with Crippen molar-refractivity contribution in [3.8, 4) is 5.75 Å². The molecule has 0 aliphatic heterocycles. The van der Waals surface area contributed by atoms with E-state index in [9.17, 15) is 14.7 Å². The van der Waals surface area contributed by atoms with E-state index >= 15 is 0 Å². The largest absolute Gasteiger partial charge is 0.491 e. The molecule has 0 spiro atoms. The first-order valence-corrected chi connectivity index (χ1v) is 8.21. The molecule has 2 N–H and O–H groups in total. The Labute approximate surface area is 147 Å². The van der Waals surface area contributed by atoms with Gasteiger partial charge in [-0.3, -0.25) is 9.59 Å². The molecule has 25 heavy (non-hydrogen) atoms. The van der Waals surface area contributed by atoms with Crippen LogP contribution in [0.3, 0.4) is 0 Å². The summed E-state index contributed by atoms with van der Waals surface area (Å²) in [6.45, 7) is 5.77. The zero-order valence-electron chi connectivity index (χ0n) is 14.7. The fraction of sp³-hybridized carbons (Fsp3) is 0.300. The quantitative estimate of drug-likeness (QED) is 0.804. The fourth-order valence-corrected chi connectivity index (χ4v) is 2.51. The van der Waals surface area contributed by atoms with Crippen LogP contribution in [0.4, 0.5) is 0 Å². The van der Waals surface area contributed by atoms with Crippen LogP contribution in [0.25, 0.3) is 0 Å². The van der Waals surface area contributed by atoms with Crippen LogP contribution in [-0.4, -0.2) is 23.1 Å². The number of carboxylic acids is 1. The Morgan fingerprint density at radius 3 is 2.36 bits per heavy atom. The van der Waals surface area contributed by atoms with E-state index in [4.69, 9.17) is 4.74 Å². The molecule has 0 heterocycles. The Hall–Kier alpha value is -2.82. The molecule has 1 amide bonds. The van der Waals surface area contributed by atoms with Crippen molar-refractivity contribution < 1.29 is 19.4 Å². The fourth-order valence-electron chi connectivity index (χ4n) is 2.51. The van der Waals surface area contributed by atoms with Gasteiger partial charge in [0.25, 0.3) is 5.91 Å². The lowest BCUT2D eigenvalue weighted by Gasteiger charge is -2.18. The standard InChI is InChI=1S/C20H23NO4/c1-13(2)25-17-9-7-15(8-10-17)18(12-19(22)23)21-20(24)16-6-4-5-14(3)11-16/h4-11,13,18H,12H2,1-3H3,(H,21,24)(H,22,23)/t18-/m0/s1. The summed E-state index contributed by atoms with van der Waals surface area (Å²) >= 11 is 0. The molecular weight excluding hydrogens is 318 g/mol. The first-order valence-electron chi connectivity index (χ1n) is 8.21. The number of hydrogen-bond acceptors (Lipinski definition) is 3. The Bertz CT molecular complexity index is 738. The number of rotatable bonds is 7. The molecule has 0 aliphatic rings. The van der Waals surface area contributed by atoms with Gasteiger partial charge in [-0.2, -0.15) is 0 Å². The minimum atomic E-state index is -0.975. The lowest BCUT2D eigenvalue weighted by Crippen LogP contribution is -2.30. The molecule has 2 aromatic carbocycles. The number of ether oxygens (including phenoxy) is 1. The van der Waals surface area contributed by atoms with E-state index in [-0.39, 0.29) is 18.4 Å². The van der Waals surface area contributed by atoms with Crippen molar-refractivity contribution in [2.24, 2.45) is 0 Å². The molecule has 0 fully saturated rings. The van der Waals surface area contributed by atoms with Gasteiger partial charge in [-0.05, 0) is 50.6 Å². The van der Waals surface area contributed by atoms with Gasteiger partial charge >= 0.3 is 5.97 Å². The van der Waals surface area contributed by atoms with Crippen LogP contribution in [0.1, 0.15) is 47.8 Å². The summed E-state index contributed by atoms with van der Waals surface area (Å²) in [4.78, 5) is 23.6. The lowest BCUT2D eigenvalue weighted by atomic mass is 10.0. The van der Waals surface area contributed by atoms with Gasteiger partial charge in [0.2, 0.25) is 0 Å². The number of nitrogens with one attached hydrogen (secondary N) is 1. The number of hydrogen-bond donors (Lipinski definition) is 2. The third-order valence-electron chi connectivity index (χ3n) is 3.62. The number of benzene rings is 2. The molecule has 0 unspecified atom stereocenters. The van der Waals surface area contributed by atoms with E-state index in [1.54, 1.807) is 42.5 Å². The predicted octanol–water partition coefficient (Wildman–Crippen LogP) is 3.73. The van der Waals surface area contributed by atoms with Gasteiger partial charge in [-0.1, -0.05) is 29.8 Å². The van der Waals surface area contributed by atoms with Crippen molar-refractivity contribution in [2.45, 2.75) is 39.3 Å². The molecule has 0 aromatic heterocycles. The van der Waals surface area contributed by atoms with E-state index in [0.717, 1.165) is 11.1 Å². The molecule has 0 aliphatic carbocycles. The number of carboxylic acid groups (broad SMARTS) is 1. The van der Waals surface area contributed by atoms with Gasteiger partial charge in [0.05, 0.1) is 18.6 Å². The zero-order chi connectivity index (χ0) is 18.4. The summed E-state index contributed by atoms with van der Waals surface area (Å²) in [5.74, 6) is -0.563. The highest BCUT2D eigenvalue weighted by Gasteiger charge is 2.19. The third kappa shape index (κ3) is 5.64. The minimum Gasteiger partial charge on any atom is -0.491 e. The number of carbonyl (C=O) groups excluding carboxylic acids is 1. The van der Waals surface area contributed by atoms with E-state index in [1.165, 1.54) is 0 Å². The second kappa shape index (κ2) is 8.33. The van der Waals surface area contributed by atoms with Crippen LogP contribution in [0.5, 0.6) is 5.75 Å². The number of amides is 1. The number of aliphatic carboxylic acids is 1. The smallest absolute Gasteiger partial charge is 0.305 e. The van der Waals surface area contributed by atoms with Crippen LogP contribution < -0.4 is 10.1 Å². The monoisotopic (exact) mass is 341 g/mol. The van der Waals surface area contributed by atoms with Gasteiger partial charge in [0.1, 0.15) is 5.75 Å². The third-order valence-corrected chi connectivity index (χ3v) is 3.62. The van der Waals surface area contributed by atoms with Gasteiger partial charge in [0.15, 0.2) is 0 Å². The summed E-state index contributed by atoms with van der Waals surface area (Å²) in [7, 11) is 0. The summed E-state index contributed by atoms with van der Waals surface area (Å²) in [5, 5.41) is 12.0. The molecule has 2 aromatic rings. The maximum Gasteiger partial charge on any atom is 0.305 e. The van der Waals surface area contributed by atoms with Crippen LogP contribution >= 0.6 is 0 Å². The highest BCUT2D eigenvalue weighted by molar-refractivity contribution is 5.94. The molecule has 1 atom stereocenters. The Kier molecular flexibility index (Phi) is 6.17. The van der Waals surface area contributed by atoms with E-state index in [2.05, 4.69) is 5.32 Å². The van der Waals surface area contributed by atoms with Crippen molar-refractivity contribution in [1.82, 2.24) is 5.32 Å². The SMILES string of the molecule is Cc1cccc(C(=O)N[C@@H](CC(=O)O)c2ccc(OC(C)C)cc2)c1. The number of aryl methyl sites for hydroxylation is 1. The van der Waals surface area contributed by atoms with E-state index < -0.39 is 12.0 Å². The topological polar surface area (TPSA) is 75.6 Å². The van der Waals surface area contributed by atoms with Crippen LogP contribution in [0, 0.1) is 6.92 Å². The van der Waals surface area contributed by atoms with Gasteiger partial charge in [-0.15, -0.1) is 0 Å². The normalized spacial score (nSPS) is 11.8. The Morgan fingerprint density at radius 1 is 1.12 bits per heavy atom. The predicted molar refractivity (Wildman–Crippen MR) is 95.8 cm³/mol. The average molecular weight is 341 g/mol. The van der Waals surface area contributed by atoms with Crippen molar-refractivity contribution >= 4 is 11.9 Å². The summed E-state index contributed by atoms with van der Waals surface area (Å²) in [6, 6.07) is 13.7. The second-order valence-electron chi connectivity index (χ2n) is 6.23. The van der Waals surface area contributed by atoms with Crippen molar-refractivity contribution in [2.75, 3.05) is 0 Å². The zero-order valence-corrected chi connectivity index (χ0v) is 14.7. The Balaban J connectivity index is 2.18. The maximum absolute atomic E-state index is 12.4. The van der Waals surface area contributed by atoms with Gasteiger partial charge in [0, 0.05) is 5.56 Å². The van der Waals surface area contributed by atoms with Crippen LogP contribution in [-0.2, 0) is 4.79 Å². The molecule has 0 saturated heterocycles. The average Bonchev–Trinajstić information content (AvgIpc) is 2.54. The van der Waals surface area contributed by atoms with E-state index in [1.807, 2.05) is 26.8 Å². The van der Waals surface area contributed by atoms with Crippen molar-refractivity contribution in [3.05, 3.63) is 65.2 Å². The van der Waals surface area contributed by atoms with Crippen molar-refractivity contribution in [3.63, 3.8) is 0 Å².